The van der Waals surface area contributed by atoms with Crippen LogP contribution < -0.4 is 9.64 Å². The molecule has 0 aliphatic rings. The lowest BCUT2D eigenvalue weighted by Crippen LogP contribution is -2.11. The Morgan fingerprint density at radius 3 is 2.53 bits per heavy atom. The standard InChI is InChI=1S/C12H19NO2/c1-9(14)7-10-8-11(13(2)3)5-6-12(10)15-4/h5-6,8-9,14H,7H2,1-4H3. The van der Waals surface area contributed by atoms with Crippen molar-refractivity contribution in [2.24, 2.45) is 0 Å². The topological polar surface area (TPSA) is 32.7 Å². The van der Waals surface area contributed by atoms with Gasteiger partial charge in [-0.25, -0.2) is 0 Å². The molecule has 0 bridgehead atoms. The van der Waals surface area contributed by atoms with Crippen LogP contribution in [0.2, 0.25) is 0 Å². The van der Waals surface area contributed by atoms with Crippen LogP contribution in [0, 0.1) is 0 Å². The minimum Gasteiger partial charge on any atom is -0.496 e. The van der Waals surface area contributed by atoms with E-state index in [0.29, 0.717) is 6.42 Å². The molecular weight excluding hydrogens is 190 g/mol. The van der Waals surface area contributed by atoms with Gasteiger partial charge in [-0.2, -0.15) is 0 Å². The van der Waals surface area contributed by atoms with Gasteiger partial charge in [0.25, 0.3) is 0 Å². The van der Waals surface area contributed by atoms with Crippen LogP contribution in [0.1, 0.15) is 12.5 Å². The Morgan fingerprint density at radius 2 is 2.07 bits per heavy atom. The maximum absolute atomic E-state index is 9.39. The highest BCUT2D eigenvalue weighted by atomic mass is 16.5. The molecule has 1 unspecified atom stereocenters. The van der Waals surface area contributed by atoms with Gasteiger partial charge in [-0.3, -0.25) is 0 Å². The molecule has 1 rings (SSSR count). The van der Waals surface area contributed by atoms with Crippen molar-refractivity contribution in [2.75, 3.05) is 26.1 Å². The summed E-state index contributed by atoms with van der Waals surface area (Å²) >= 11 is 0. The lowest BCUT2D eigenvalue weighted by Gasteiger charge is -2.16. The van der Waals surface area contributed by atoms with Gasteiger partial charge in [-0.1, -0.05) is 0 Å². The summed E-state index contributed by atoms with van der Waals surface area (Å²) in [4.78, 5) is 2.03. The molecule has 0 amide bonds. The number of benzene rings is 1. The predicted molar refractivity (Wildman–Crippen MR) is 62.7 cm³/mol. The molecule has 0 fully saturated rings. The van der Waals surface area contributed by atoms with E-state index in [4.69, 9.17) is 4.74 Å². The first-order valence-corrected chi connectivity index (χ1v) is 5.07. The quantitative estimate of drug-likeness (QED) is 0.819. The van der Waals surface area contributed by atoms with Gasteiger partial charge in [0.1, 0.15) is 5.75 Å². The van der Waals surface area contributed by atoms with Gasteiger partial charge in [0.15, 0.2) is 0 Å². The SMILES string of the molecule is COc1ccc(N(C)C)cc1CC(C)O. The molecule has 1 N–H and O–H groups in total. The highest BCUT2D eigenvalue weighted by molar-refractivity contribution is 5.52. The van der Waals surface area contributed by atoms with E-state index >= 15 is 0 Å². The molecule has 3 heteroatoms. The molecule has 0 saturated heterocycles. The van der Waals surface area contributed by atoms with E-state index in [0.717, 1.165) is 17.0 Å². The van der Waals surface area contributed by atoms with Gasteiger partial charge >= 0.3 is 0 Å². The summed E-state index contributed by atoms with van der Waals surface area (Å²) in [5, 5.41) is 9.39. The number of ether oxygens (including phenoxy) is 1. The zero-order chi connectivity index (χ0) is 11.4. The van der Waals surface area contributed by atoms with Crippen molar-refractivity contribution >= 4 is 5.69 Å². The number of rotatable bonds is 4. The molecule has 0 aliphatic carbocycles. The van der Waals surface area contributed by atoms with Crippen molar-refractivity contribution in [3.05, 3.63) is 23.8 Å². The van der Waals surface area contributed by atoms with Gasteiger partial charge < -0.3 is 14.7 Å². The number of anilines is 1. The number of aliphatic hydroxyl groups is 1. The second-order valence-electron chi connectivity index (χ2n) is 3.94. The van der Waals surface area contributed by atoms with Crippen molar-refractivity contribution in [2.45, 2.75) is 19.4 Å². The second kappa shape index (κ2) is 5.03. The molecular formula is C12H19NO2. The average molecular weight is 209 g/mol. The summed E-state index contributed by atoms with van der Waals surface area (Å²) in [6.07, 6.45) is 0.265. The van der Waals surface area contributed by atoms with E-state index < -0.39 is 0 Å². The number of hydrogen-bond donors (Lipinski definition) is 1. The average Bonchev–Trinajstić information content (AvgIpc) is 2.16. The van der Waals surface area contributed by atoms with Gasteiger partial charge in [-0.15, -0.1) is 0 Å². The normalized spacial score (nSPS) is 12.3. The predicted octanol–water partition coefficient (Wildman–Crippen LogP) is 1.68. The van der Waals surface area contributed by atoms with Crippen LogP contribution in [-0.2, 0) is 6.42 Å². The van der Waals surface area contributed by atoms with E-state index in [1.807, 2.05) is 37.2 Å². The summed E-state index contributed by atoms with van der Waals surface area (Å²) in [7, 11) is 5.64. The smallest absolute Gasteiger partial charge is 0.122 e. The summed E-state index contributed by atoms with van der Waals surface area (Å²) in [5.74, 6) is 0.835. The zero-order valence-electron chi connectivity index (χ0n) is 9.82. The molecule has 1 atom stereocenters. The van der Waals surface area contributed by atoms with Crippen LogP contribution in [0.3, 0.4) is 0 Å². The van der Waals surface area contributed by atoms with Gasteiger partial charge in [0.05, 0.1) is 13.2 Å². The van der Waals surface area contributed by atoms with Gasteiger partial charge in [-0.05, 0) is 30.7 Å². The third kappa shape index (κ3) is 3.13. The van der Waals surface area contributed by atoms with E-state index in [9.17, 15) is 5.11 Å². The number of hydrogen-bond acceptors (Lipinski definition) is 3. The first-order valence-electron chi connectivity index (χ1n) is 5.07. The van der Waals surface area contributed by atoms with Crippen molar-refractivity contribution < 1.29 is 9.84 Å². The lowest BCUT2D eigenvalue weighted by molar-refractivity contribution is 0.194. The third-order valence-corrected chi connectivity index (χ3v) is 2.30. The molecule has 0 aliphatic heterocycles. The number of methoxy groups -OCH3 is 1. The highest BCUT2D eigenvalue weighted by Gasteiger charge is 2.08. The molecule has 0 heterocycles. The summed E-state index contributed by atoms with van der Waals surface area (Å²) in [6, 6.07) is 5.99. The van der Waals surface area contributed by atoms with E-state index in [1.54, 1.807) is 14.0 Å². The van der Waals surface area contributed by atoms with E-state index in [1.165, 1.54) is 0 Å². The first-order chi connectivity index (χ1) is 7.04. The summed E-state index contributed by atoms with van der Waals surface area (Å²) < 4.78 is 5.25. The minimum atomic E-state index is -0.351. The Morgan fingerprint density at radius 1 is 1.40 bits per heavy atom. The Labute approximate surface area is 91.3 Å². The van der Waals surface area contributed by atoms with Crippen LogP contribution in [0.15, 0.2) is 18.2 Å². The molecule has 15 heavy (non-hydrogen) atoms. The van der Waals surface area contributed by atoms with Crippen molar-refractivity contribution in [3.8, 4) is 5.75 Å². The van der Waals surface area contributed by atoms with Gasteiger partial charge in [0, 0.05) is 26.2 Å². The molecule has 0 radical (unpaired) electrons. The summed E-state index contributed by atoms with van der Waals surface area (Å²) in [5.41, 5.74) is 2.16. The monoisotopic (exact) mass is 209 g/mol. The van der Waals surface area contributed by atoms with Crippen LogP contribution in [0.4, 0.5) is 5.69 Å². The minimum absolute atomic E-state index is 0.351. The molecule has 3 nitrogen and oxygen atoms in total. The van der Waals surface area contributed by atoms with Gasteiger partial charge in [0.2, 0.25) is 0 Å². The Bertz CT molecular complexity index is 321. The number of aliphatic hydroxyl groups excluding tert-OH is 1. The largest absolute Gasteiger partial charge is 0.496 e. The van der Waals surface area contributed by atoms with E-state index in [-0.39, 0.29) is 6.10 Å². The zero-order valence-corrected chi connectivity index (χ0v) is 9.82. The molecule has 84 valence electrons. The molecule has 1 aromatic rings. The van der Waals surface area contributed by atoms with Crippen LogP contribution in [-0.4, -0.2) is 32.4 Å². The second-order valence-corrected chi connectivity index (χ2v) is 3.94. The molecule has 1 aromatic carbocycles. The number of nitrogens with zero attached hydrogens (tertiary/aromatic N) is 1. The molecule has 0 saturated carbocycles. The van der Waals surface area contributed by atoms with Crippen molar-refractivity contribution in [1.82, 2.24) is 0 Å². The summed E-state index contributed by atoms with van der Waals surface area (Å²) in [6.45, 7) is 1.78. The Hall–Kier alpha value is -1.22. The van der Waals surface area contributed by atoms with Crippen molar-refractivity contribution in [3.63, 3.8) is 0 Å². The maximum atomic E-state index is 9.39. The van der Waals surface area contributed by atoms with E-state index in [2.05, 4.69) is 0 Å². The Kier molecular flexibility index (Phi) is 3.97. The third-order valence-electron chi connectivity index (χ3n) is 2.30. The lowest BCUT2D eigenvalue weighted by atomic mass is 10.1. The van der Waals surface area contributed by atoms with Crippen LogP contribution in [0.25, 0.3) is 0 Å². The fraction of sp³-hybridized carbons (Fsp3) is 0.500. The van der Waals surface area contributed by atoms with Crippen molar-refractivity contribution in [1.29, 1.82) is 0 Å². The fourth-order valence-corrected chi connectivity index (χ4v) is 1.52. The van der Waals surface area contributed by atoms with Crippen LogP contribution >= 0.6 is 0 Å². The first kappa shape index (κ1) is 11.9. The maximum Gasteiger partial charge on any atom is 0.122 e. The highest BCUT2D eigenvalue weighted by Crippen LogP contribution is 2.25. The molecule has 0 spiro atoms. The Balaban J connectivity index is 3.02. The van der Waals surface area contributed by atoms with Crippen LogP contribution in [0.5, 0.6) is 5.75 Å². The fourth-order valence-electron chi connectivity index (χ4n) is 1.52. The molecule has 0 aromatic heterocycles.